The fraction of sp³-hybridized carbons (Fsp3) is 0.562. The van der Waals surface area contributed by atoms with Crippen LogP contribution in [0.15, 0.2) is 17.6 Å². The minimum absolute atomic E-state index is 0.406. The molecule has 1 N–H and O–H groups in total. The number of thiophene rings is 1. The van der Waals surface area contributed by atoms with Crippen LogP contribution in [0.3, 0.4) is 0 Å². The van der Waals surface area contributed by atoms with Crippen molar-refractivity contribution in [3.05, 3.63) is 33.8 Å². The van der Waals surface area contributed by atoms with E-state index in [9.17, 15) is 0 Å². The number of rotatable bonds is 6. The van der Waals surface area contributed by atoms with Crippen molar-refractivity contribution in [3.63, 3.8) is 0 Å². The molecule has 2 heterocycles. The number of imidazole rings is 1. The van der Waals surface area contributed by atoms with Crippen LogP contribution in [0.25, 0.3) is 0 Å². The smallest absolute Gasteiger partial charge is 0.203 e. The molecule has 5 heteroatoms. The van der Waals surface area contributed by atoms with Crippen molar-refractivity contribution in [2.24, 2.45) is 0 Å². The quantitative estimate of drug-likeness (QED) is 0.826. The highest BCUT2D eigenvalue weighted by atomic mass is 32.1. The van der Waals surface area contributed by atoms with Gasteiger partial charge in [0, 0.05) is 31.3 Å². The van der Waals surface area contributed by atoms with Crippen molar-refractivity contribution >= 4 is 17.3 Å². The Hall–Kier alpha value is -1.33. The number of ether oxygens (including phenoxy) is 1. The van der Waals surface area contributed by atoms with E-state index in [1.54, 1.807) is 7.11 Å². The van der Waals surface area contributed by atoms with E-state index < -0.39 is 0 Å². The van der Waals surface area contributed by atoms with E-state index in [1.807, 2.05) is 11.3 Å². The molecule has 2 aromatic heterocycles. The Kier molecular flexibility index (Phi) is 4.60. The molecule has 0 radical (unpaired) electrons. The Morgan fingerprint density at radius 2 is 2.43 bits per heavy atom. The molecule has 0 fully saturated rings. The summed E-state index contributed by atoms with van der Waals surface area (Å²) in [6, 6.07) is 2.67. The van der Waals surface area contributed by atoms with Crippen LogP contribution in [0.2, 0.25) is 0 Å². The van der Waals surface area contributed by atoms with Gasteiger partial charge in [0.2, 0.25) is 5.95 Å². The molecule has 1 atom stereocenters. The molecule has 0 aromatic carbocycles. The highest BCUT2D eigenvalue weighted by Gasteiger charge is 2.22. The SMILES string of the molecule is COCCCn1cc(C)nc1NC1CCCc2sccc21. The van der Waals surface area contributed by atoms with E-state index in [1.165, 1.54) is 29.7 Å². The van der Waals surface area contributed by atoms with E-state index in [-0.39, 0.29) is 0 Å². The number of fused-ring (bicyclic) bond motifs is 1. The second-order valence-corrected chi connectivity index (χ2v) is 6.63. The van der Waals surface area contributed by atoms with Crippen molar-refractivity contribution < 1.29 is 4.74 Å². The molecular weight excluding hydrogens is 282 g/mol. The summed E-state index contributed by atoms with van der Waals surface area (Å²) in [6.45, 7) is 3.78. The lowest BCUT2D eigenvalue weighted by molar-refractivity contribution is 0.190. The average molecular weight is 305 g/mol. The summed E-state index contributed by atoms with van der Waals surface area (Å²) in [5.74, 6) is 0.993. The van der Waals surface area contributed by atoms with Crippen molar-refractivity contribution in [1.29, 1.82) is 0 Å². The highest BCUT2D eigenvalue weighted by Crippen LogP contribution is 2.35. The molecule has 4 nitrogen and oxygen atoms in total. The molecule has 2 aromatic rings. The molecule has 1 unspecified atom stereocenters. The van der Waals surface area contributed by atoms with Gasteiger partial charge in [-0.05, 0) is 49.6 Å². The van der Waals surface area contributed by atoms with Crippen LogP contribution in [0.4, 0.5) is 5.95 Å². The predicted molar refractivity (Wildman–Crippen MR) is 87.1 cm³/mol. The van der Waals surface area contributed by atoms with Gasteiger partial charge in [-0.25, -0.2) is 4.98 Å². The van der Waals surface area contributed by atoms with Gasteiger partial charge in [-0.1, -0.05) is 0 Å². The fourth-order valence-corrected chi connectivity index (χ4v) is 3.99. The number of anilines is 1. The number of aromatic nitrogens is 2. The van der Waals surface area contributed by atoms with E-state index in [0.717, 1.165) is 31.2 Å². The Balaban J connectivity index is 1.73. The van der Waals surface area contributed by atoms with Crippen LogP contribution in [0.1, 0.15) is 41.4 Å². The monoisotopic (exact) mass is 305 g/mol. The molecule has 114 valence electrons. The maximum absolute atomic E-state index is 5.14. The topological polar surface area (TPSA) is 39.1 Å². The summed E-state index contributed by atoms with van der Waals surface area (Å²) in [4.78, 5) is 6.19. The standard InChI is InChI=1S/C16H23N3OS/c1-12-11-19(8-4-9-20-2)16(17-12)18-14-5-3-6-15-13(14)7-10-21-15/h7,10-11,14H,3-6,8-9H2,1-2H3,(H,17,18). The second-order valence-electron chi connectivity index (χ2n) is 5.63. The summed E-state index contributed by atoms with van der Waals surface area (Å²) in [5.41, 5.74) is 2.53. The van der Waals surface area contributed by atoms with Gasteiger partial charge in [0.25, 0.3) is 0 Å². The minimum atomic E-state index is 0.406. The third-order valence-electron chi connectivity index (χ3n) is 4.00. The Morgan fingerprint density at radius 3 is 3.29 bits per heavy atom. The Bertz CT molecular complexity index is 590. The van der Waals surface area contributed by atoms with Gasteiger partial charge < -0.3 is 14.6 Å². The maximum Gasteiger partial charge on any atom is 0.203 e. The maximum atomic E-state index is 5.14. The lowest BCUT2D eigenvalue weighted by atomic mass is 9.94. The third kappa shape index (κ3) is 3.30. The van der Waals surface area contributed by atoms with Crippen LogP contribution < -0.4 is 5.32 Å². The largest absolute Gasteiger partial charge is 0.385 e. The molecule has 0 amide bonds. The van der Waals surface area contributed by atoms with Crippen molar-refractivity contribution in [2.75, 3.05) is 19.0 Å². The number of hydrogen-bond donors (Lipinski definition) is 1. The highest BCUT2D eigenvalue weighted by molar-refractivity contribution is 7.10. The molecule has 3 rings (SSSR count). The zero-order valence-electron chi connectivity index (χ0n) is 12.8. The molecule has 1 aliphatic rings. The third-order valence-corrected chi connectivity index (χ3v) is 5.00. The Labute approximate surface area is 130 Å². The molecule has 0 saturated carbocycles. The Morgan fingerprint density at radius 1 is 1.52 bits per heavy atom. The van der Waals surface area contributed by atoms with E-state index in [2.05, 4.69) is 39.4 Å². The molecular formula is C16H23N3OS. The lowest BCUT2D eigenvalue weighted by Gasteiger charge is -2.24. The summed E-state index contributed by atoms with van der Waals surface area (Å²) in [7, 11) is 1.75. The fourth-order valence-electron chi connectivity index (χ4n) is 3.00. The van der Waals surface area contributed by atoms with Gasteiger partial charge in [-0.2, -0.15) is 0 Å². The van der Waals surface area contributed by atoms with Crippen molar-refractivity contribution in [2.45, 2.75) is 45.2 Å². The van der Waals surface area contributed by atoms with Gasteiger partial charge in [0.1, 0.15) is 0 Å². The molecule has 21 heavy (non-hydrogen) atoms. The van der Waals surface area contributed by atoms with Gasteiger partial charge in [-0.15, -0.1) is 11.3 Å². The van der Waals surface area contributed by atoms with Crippen molar-refractivity contribution in [3.8, 4) is 0 Å². The molecule has 0 spiro atoms. The predicted octanol–water partition coefficient (Wildman–Crippen LogP) is 3.78. The summed E-state index contributed by atoms with van der Waals surface area (Å²) in [6.07, 6.45) is 6.81. The van der Waals surface area contributed by atoms with E-state index >= 15 is 0 Å². The number of nitrogens with zero attached hydrogens (tertiary/aromatic N) is 2. The summed E-state index contributed by atoms with van der Waals surface area (Å²) >= 11 is 1.88. The summed E-state index contributed by atoms with van der Waals surface area (Å²) < 4.78 is 7.36. The normalized spacial score (nSPS) is 17.7. The first kappa shape index (κ1) is 14.6. The van der Waals surface area contributed by atoms with Gasteiger partial charge in [0.05, 0.1) is 11.7 Å². The van der Waals surface area contributed by atoms with Crippen molar-refractivity contribution in [1.82, 2.24) is 9.55 Å². The first-order chi connectivity index (χ1) is 10.3. The first-order valence-corrected chi connectivity index (χ1v) is 8.51. The van der Waals surface area contributed by atoms with Crippen LogP contribution in [-0.4, -0.2) is 23.3 Å². The minimum Gasteiger partial charge on any atom is -0.385 e. The zero-order valence-corrected chi connectivity index (χ0v) is 13.6. The van der Waals surface area contributed by atoms with Crippen LogP contribution in [-0.2, 0) is 17.7 Å². The van der Waals surface area contributed by atoms with Crippen LogP contribution in [0.5, 0.6) is 0 Å². The number of aryl methyl sites for hydroxylation is 3. The van der Waals surface area contributed by atoms with Crippen LogP contribution in [0, 0.1) is 6.92 Å². The summed E-state index contributed by atoms with van der Waals surface area (Å²) in [5, 5.41) is 5.87. The van der Waals surface area contributed by atoms with Gasteiger partial charge >= 0.3 is 0 Å². The molecule has 0 saturated heterocycles. The number of hydrogen-bond acceptors (Lipinski definition) is 4. The number of methoxy groups -OCH3 is 1. The zero-order chi connectivity index (χ0) is 14.7. The lowest BCUT2D eigenvalue weighted by Crippen LogP contribution is -2.18. The first-order valence-electron chi connectivity index (χ1n) is 7.63. The van der Waals surface area contributed by atoms with Crippen LogP contribution >= 0.6 is 11.3 Å². The average Bonchev–Trinajstić information content (AvgIpc) is 3.07. The van der Waals surface area contributed by atoms with E-state index in [4.69, 9.17) is 4.74 Å². The molecule has 1 aliphatic carbocycles. The number of nitrogens with one attached hydrogen (secondary N) is 1. The van der Waals surface area contributed by atoms with Gasteiger partial charge in [0.15, 0.2) is 0 Å². The molecule has 0 bridgehead atoms. The second kappa shape index (κ2) is 6.62. The molecule has 0 aliphatic heterocycles. The van der Waals surface area contributed by atoms with E-state index in [0.29, 0.717) is 6.04 Å². The van der Waals surface area contributed by atoms with Gasteiger partial charge in [-0.3, -0.25) is 0 Å².